The van der Waals surface area contributed by atoms with Gasteiger partial charge in [0.05, 0.1) is 5.69 Å². The normalized spacial score (nSPS) is 11.3. The summed E-state index contributed by atoms with van der Waals surface area (Å²) in [4.78, 5) is 28.7. The first kappa shape index (κ1) is 26.2. The van der Waals surface area contributed by atoms with Crippen LogP contribution in [-0.2, 0) is 4.79 Å². The van der Waals surface area contributed by atoms with Gasteiger partial charge in [-0.2, -0.15) is 0 Å². The largest absolute Gasteiger partial charge is 0.351 e. The Kier molecular flexibility index (Phi) is 10.6. The molecule has 2 rings (SSSR count). The van der Waals surface area contributed by atoms with Crippen LogP contribution < -0.4 is 10.6 Å². The van der Waals surface area contributed by atoms with Gasteiger partial charge in [-0.25, -0.2) is 0 Å². The number of nitrogens with one attached hydrogen (secondary N) is 2. The zero-order valence-corrected chi connectivity index (χ0v) is 21.1. The zero-order valence-electron chi connectivity index (χ0n) is 19.6. The van der Waals surface area contributed by atoms with Gasteiger partial charge in [-0.3, -0.25) is 9.59 Å². The maximum Gasteiger partial charge on any atom is 0.251 e. The SMILES string of the molecule is CC(=O)Nc1cc(C(=O)NCCN(CC(C)C)CC(C)C)ccc1Sc1ccc(Cl)cc1. The van der Waals surface area contributed by atoms with Crippen LogP contribution >= 0.6 is 23.4 Å². The number of rotatable bonds is 11. The predicted molar refractivity (Wildman–Crippen MR) is 135 cm³/mol. The smallest absolute Gasteiger partial charge is 0.251 e. The molecule has 0 saturated carbocycles. The number of halogens is 1. The standard InChI is InChI=1S/C25H34ClN3O2S/c1-17(2)15-29(16-18(3)4)13-12-27-25(31)20-6-11-24(23(14-20)28-19(5)30)32-22-9-7-21(26)8-10-22/h6-11,14,17-18H,12-13,15-16H2,1-5H3,(H,27,31)(H,28,30). The number of amides is 2. The average molecular weight is 476 g/mol. The van der Waals surface area contributed by atoms with Crippen molar-refractivity contribution >= 4 is 40.9 Å². The summed E-state index contributed by atoms with van der Waals surface area (Å²) in [5.41, 5.74) is 1.14. The molecule has 0 bridgehead atoms. The van der Waals surface area contributed by atoms with Crippen molar-refractivity contribution < 1.29 is 9.59 Å². The minimum Gasteiger partial charge on any atom is -0.351 e. The van der Waals surface area contributed by atoms with E-state index in [-0.39, 0.29) is 11.8 Å². The minimum absolute atomic E-state index is 0.145. The fourth-order valence-electron chi connectivity index (χ4n) is 3.40. The summed E-state index contributed by atoms with van der Waals surface area (Å²) in [5.74, 6) is 0.831. The van der Waals surface area contributed by atoms with E-state index < -0.39 is 0 Å². The highest BCUT2D eigenvalue weighted by molar-refractivity contribution is 7.99. The molecule has 2 aromatic carbocycles. The molecule has 2 amide bonds. The molecule has 0 saturated heterocycles. The van der Waals surface area contributed by atoms with Crippen LogP contribution in [0, 0.1) is 11.8 Å². The van der Waals surface area contributed by atoms with Crippen molar-refractivity contribution in [2.45, 2.75) is 44.4 Å². The van der Waals surface area contributed by atoms with Crippen molar-refractivity contribution in [2.24, 2.45) is 11.8 Å². The molecule has 0 aliphatic heterocycles. The Hall–Kier alpha value is -2.02. The molecule has 7 heteroatoms. The molecule has 0 spiro atoms. The van der Waals surface area contributed by atoms with Crippen LogP contribution in [0.15, 0.2) is 52.3 Å². The minimum atomic E-state index is -0.182. The second kappa shape index (κ2) is 12.9. The van der Waals surface area contributed by atoms with E-state index in [9.17, 15) is 9.59 Å². The Labute approximate surface area is 201 Å². The van der Waals surface area contributed by atoms with E-state index in [2.05, 4.69) is 43.2 Å². The third-order valence-corrected chi connectivity index (χ3v) is 5.89. The number of carbonyl (C=O) groups is 2. The van der Waals surface area contributed by atoms with Crippen molar-refractivity contribution in [3.8, 4) is 0 Å². The summed E-state index contributed by atoms with van der Waals surface area (Å²) in [6, 6.07) is 12.9. The predicted octanol–water partition coefficient (Wildman–Crippen LogP) is 5.79. The molecule has 0 radical (unpaired) electrons. The first-order valence-electron chi connectivity index (χ1n) is 11.0. The highest BCUT2D eigenvalue weighted by atomic mass is 35.5. The maximum absolute atomic E-state index is 12.8. The number of anilines is 1. The van der Waals surface area contributed by atoms with Gasteiger partial charge in [-0.1, -0.05) is 51.1 Å². The number of hydrogen-bond donors (Lipinski definition) is 2. The second-order valence-corrected chi connectivity index (χ2v) is 10.3. The van der Waals surface area contributed by atoms with Gasteiger partial charge < -0.3 is 15.5 Å². The molecule has 174 valence electrons. The van der Waals surface area contributed by atoms with Gasteiger partial charge in [0.1, 0.15) is 0 Å². The van der Waals surface area contributed by atoms with Gasteiger partial charge in [0.15, 0.2) is 0 Å². The molecule has 0 fully saturated rings. The number of benzene rings is 2. The lowest BCUT2D eigenvalue weighted by atomic mass is 10.1. The molecule has 0 aliphatic carbocycles. The summed E-state index contributed by atoms with van der Waals surface area (Å²) >= 11 is 7.47. The summed E-state index contributed by atoms with van der Waals surface area (Å²) in [7, 11) is 0. The van der Waals surface area contributed by atoms with Crippen molar-refractivity contribution in [3.63, 3.8) is 0 Å². The van der Waals surface area contributed by atoms with Gasteiger partial charge in [-0.05, 0) is 54.3 Å². The highest BCUT2D eigenvalue weighted by Crippen LogP contribution is 2.34. The topological polar surface area (TPSA) is 61.4 Å². The molecule has 2 aromatic rings. The molecule has 0 atom stereocenters. The lowest BCUT2D eigenvalue weighted by molar-refractivity contribution is -0.114. The van der Waals surface area contributed by atoms with E-state index in [1.807, 2.05) is 30.3 Å². The molecular formula is C25H34ClN3O2S. The molecule has 0 aliphatic rings. The first-order chi connectivity index (χ1) is 15.1. The lowest BCUT2D eigenvalue weighted by Crippen LogP contribution is -2.38. The zero-order chi connectivity index (χ0) is 23.7. The fourth-order valence-corrected chi connectivity index (χ4v) is 4.40. The number of hydrogen-bond acceptors (Lipinski definition) is 4. The van der Waals surface area contributed by atoms with Crippen molar-refractivity contribution in [1.82, 2.24) is 10.2 Å². The third-order valence-electron chi connectivity index (χ3n) is 4.55. The molecule has 32 heavy (non-hydrogen) atoms. The lowest BCUT2D eigenvalue weighted by Gasteiger charge is -2.26. The molecule has 0 aromatic heterocycles. The maximum atomic E-state index is 12.8. The molecule has 2 N–H and O–H groups in total. The first-order valence-corrected chi connectivity index (χ1v) is 12.2. The molecular weight excluding hydrogens is 442 g/mol. The van der Waals surface area contributed by atoms with Gasteiger partial charge in [0.25, 0.3) is 5.91 Å². The van der Waals surface area contributed by atoms with Crippen LogP contribution in [0.4, 0.5) is 5.69 Å². The summed E-state index contributed by atoms with van der Waals surface area (Å²) in [6.07, 6.45) is 0. The fraction of sp³-hybridized carbons (Fsp3) is 0.440. The van der Waals surface area contributed by atoms with E-state index in [1.165, 1.54) is 18.7 Å². The van der Waals surface area contributed by atoms with Crippen LogP contribution in [0.3, 0.4) is 0 Å². The van der Waals surface area contributed by atoms with E-state index in [1.54, 1.807) is 12.1 Å². The van der Waals surface area contributed by atoms with Crippen LogP contribution in [0.1, 0.15) is 45.0 Å². The molecule has 0 unspecified atom stereocenters. The van der Waals surface area contributed by atoms with Crippen molar-refractivity contribution in [3.05, 3.63) is 53.1 Å². The van der Waals surface area contributed by atoms with Gasteiger partial charge in [0.2, 0.25) is 5.91 Å². The highest BCUT2D eigenvalue weighted by Gasteiger charge is 2.14. The van der Waals surface area contributed by atoms with Crippen LogP contribution in [0.2, 0.25) is 5.02 Å². The van der Waals surface area contributed by atoms with Crippen LogP contribution in [0.5, 0.6) is 0 Å². The summed E-state index contributed by atoms with van der Waals surface area (Å²) in [5, 5.41) is 6.53. The summed E-state index contributed by atoms with van der Waals surface area (Å²) < 4.78 is 0. The van der Waals surface area contributed by atoms with Crippen LogP contribution in [-0.4, -0.2) is 42.9 Å². The van der Waals surface area contributed by atoms with Gasteiger partial charge >= 0.3 is 0 Å². The summed E-state index contributed by atoms with van der Waals surface area (Å²) in [6.45, 7) is 13.7. The van der Waals surface area contributed by atoms with Crippen molar-refractivity contribution in [1.29, 1.82) is 0 Å². The van der Waals surface area contributed by atoms with Crippen LogP contribution in [0.25, 0.3) is 0 Å². The van der Waals surface area contributed by atoms with Gasteiger partial charge in [0, 0.05) is 53.5 Å². The third kappa shape index (κ3) is 9.23. The van der Waals surface area contributed by atoms with E-state index in [4.69, 9.17) is 11.6 Å². The Balaban J connectivity index is 2.07. The van der Waals surface area contributed by atoms with E-state index >= 15 is 0 Å². The van der Waals surface area contributed by atoms with E-state index in [0.29, 0.717) is 34.7 Å². The monoisotopic (exact) mass is 475 g/mol. The molecule has 5 nitrogen and oxygen atoms in total. The van der Waals surface area contributed by atoms with E-state index in [0.717, 1.165) is 29.4 Å². The Morgan fingerprint density at radius 1 is 1.00 bits per heavy atom. The van der Waals surface area contributed by atoms with Crippen molar-refractivity contribution in [2.75, 3.05) is 31.5 Å². The number of carbonyl (C=O) groups excluding carboxylic acids is 2. The molecule has 0 heterocycles. The Morgan fingerprint density at radius 2 is 1.62 bits per heavy atom. The quantitative estimate of drug-likeness (QED) is 0.431. The Morgan fingerprint density at radius 3 is 2.19 bits per heavy atom. The van der Waals surface area contributed by atoms with Gasteiger partial charge in [-0.15, -0.1) is 0 Å². The average Bonchev–Trinajstić information content (AvgIpc) is 2.69. The number of nitrogens with zero attached hydrogens (tertiary/aromatic N) is 1. The Bertz CT molecular complexity index is 891. The second-order valence-electron chi connectivity index (χ2n) is 8.75.